The lowest BCUT2D eigenvalue weighted by atomic mass is 9.76. The molecule has 1 N–H and O–H groups in total. The Kier molecular flexibility index (Phi) is 6.99. The minimum Gasteiger partial charge on any atom is -0.497 e. The molecule has 0 saturated carbocycles. The highest BCUT2D eigenvalue weighted by Gasteiger charge is 2.52. The van der Waals surface area contributed by atoms with Crippen molar-refractivity contribution in [1.29, 1.82) is 0 Å². The van der Waals surface area contributed by atoms with Gasteiger partial charge in [-0.25, -0.2) is 4.79 Å². The minimum atomic E-state index is -0.578. The van der Waals surface area contributed by atoms with E-state index >= 15 is 0 Å². The third kappa shape index (κ3) is 5.79. The number of ether oxygens (including phenoxy) is 2. The fraction of sp³-hybridized carbons (Fsp3) is 0.609. The van der Waals surface area contributed by atoms with Crippen LogP contribution in [0.1, 0.15) is 65.2 Å². The Morgan fingerprint density at radius 2 is 1.60 bits per heavy atom. The normalized spacial score (nSPS) is 18.3. The Bertz CT molecular complexity index is 784. The maximum absolute atomic E-state index is 12.2. The maximum atomic E-state index is 12.2. The van der Waals surface area contributed by atoms with Gasteiger partial charge in [-0.1, -0.05) is 6.08 Å². The zero-order valence-electron chi connectivity index (χ0n) is 20.1. The number of amides is 1. The lowest BCUT2D eigenvalue weighted by Crippen LogP contribution is -2.41. The van der Waals surface area contributed by atoms with Gasteiger partial charge >= 0.3 is 13.2 Å². The van der Waals surface area contributed by atoms with Crippen molar-refractivity contribution in [2.75, 3.05) is 13.7 Å². The van der Waals surface area contributed by atoms with Gasteiger partial charge in [0.1, 0.15) is 11.4 Å². The van der Waals surface area contributed by atoms with E-state index in [9.17, 15) is 4.79 Å². The van der Waals surface area contributed by atoms with E-state index in [2.05, 4.69) is 5.32 Å². The second-order valence-corrected chi connectivity index (χ2v) is 9.84. The second-order valence-electron chi connectivity index (χ2n) is 9.84. The van der Waals surface area contributed by atoms with Crippen molar-refractivity contribution in [2.24, 2.45) is 0 Å². The van der Waals surface area contributed by atoms with Gasteiger partial charge < -0.3 is 24.1 Å². The summed E-state index contributed by atoms with van der Waals surface area (Å²) in [4.78, 5) is 12.2. The number of alkyl carbamates (subject to hydrolysis) is 1. The van der Waals surface area contributed by atoms with E-state index in [1.165, 1.54) is 0 Å². The molecule has 1 aliphatic rings. The number of aryl methyl sites for hydroxylation is 2. The van der Waals surface area contributed by atoms with E-state index in [0.717, 1.165) is 27.9 Å². The van der Waals surface area contributed by atoms with Crippen molar-refractivity contribution in [1.82, 2.24) is 5.32 Å². The molecule has 1 saturated heterocycles. The topological polar surface area (TPSA) is 66.0 Å². The van der Waals surface area contributed by atoms with E-state index in [4.69, 9.17) is 18.8 Å². The van der Waals surface area contributed by atoms with Crippen molar-refractivity contribution >= 4 is 19.3 Å². The van der Waals surface area contributed by atoms with Gasteiger partial charge in [0.15, 0.2) is 0 Å². The Balaban J connectivity index is 2.37. The van der Waals surface area contributed by atoms with Gasteiger partial charge in [-0.05, 0) is 96.6 Å². The molecule has 2 rings (SSSR count). The number of rotatable bonds is 5. The summed E-state index contributed by atoms with van der Waals surface area (Å²) in [6.45, 7) is 17.9. The molecule has 6 nitrogen and oxygen atoms in total. The van der Waals surface area contributed by atoms with Crippen molar-refractivity contribution in [3.63, 3.8) is 0 Å². The lowest BCUT2D eigenvalue weighted by Gasteiger charge is -2.32. The first kappa shape index (κ1) is 24.3. The summed E-state index contributed by atoms with van der Waals surface area (Å²) in [5, 5.41) is 2.84. The van der Waals surface area contributed by atoms with Crippen LogP contribution in [0, 0.1) is 13.8 Å². The smallest absolute Gasteiger partial charge is 0.492 e. The summed E-state index contributed by atoms with van der Waals surface area (Å²) in [5.41, 5.74) is 2.47. The molecule has 166 valence electrons. The first-order chi connectivity index (χ1) is 13.6. The van der Waals surface area contributed by atoms with Crippen LogP contribution in [0.4, 0.5) is 4.79 Å². The van der Waals surface area contributed by atoms with Crippen LogP contribution in [0.3, 0.4) is 0 Å². The van der Waals surface area contributed by atoms with Crippen LogP contribution < -0.4 is 10.1 Å². The van der Waals surface area contributed by atoms with Crippen molar-refractivity contribution in [3.05, 3.63) is 34.3 Å². The molecule has 0 aromatic heterocycles. The molecular weight excluding hydrogens is 381 g/mol. The number of methoxy groups -OCH3 is 1. The van der Waals surface area contributed by atoms with E-state index in [0.29, 0.717) is 0 Å². The average molecular weight is 417 g/mol. The number of hydrogen-bond acceptors (Lipinski definition) is 5. The summed E-state index contributed by atoms with van der Waals surface area (Å²) in [6.07, 6.45) is 1.55. The van der Waals surface area contributed by atoms with Gasteiger partial charge in [-0.2, -0.15) is 0 Å². The van der Waals surface area contributed by atoms with Crippen LogP contribution in [-0.2, 0) is 14.0 Å². The first-order valence-electron chi connectivity index (χ1n) is 10.3. The van der Waals surface area contributed by atoms with E-state index in [-0.39, 0.29) is 6.54 Å². The van der Waals surface area contributed by atoms with Gasteiger partial charge in [-0.3, -0.25) is 0 Å². The average Bonchev–Trinajstić information content (AvgIpc) is 2.79. The molecule has 0 spiro atoms. The number of carbonyl (C=O) groups is 1. The molecule has 0 aliphatic carbocycles. The molecule has 1 aromatic rings. The molecule has 0 atom stereocenters. The van der Waals surface area contributed by atoms with Crippen LogP contribution in [0.15, 0.2) is 17.6 Å². The van der Waals surface area contributed by atoms with Gasteiger partial charge in [0.2, 0.25) is 0 Å². The molecule has 0 bridgehead atoms. The Labute approximate surface area is 181 Å². The number of hydrogen-bond donors (Lipinski definition) is 1. The predicted octanol–water partition coefficient (Wildman–Crippen LogP) is 4.85. The molecule has 1 aromatic carbocycles. The lowest BCUT2D eigenvalue weighted by molar-refractivity contribution is 0.00578. The Morgan fingerprint density at radius 3 is 2.03 bits per heavy atom. The number of nitrogens with one attached hydrogen (secondary N) is 1. The summed E-state index contributed by atoms with van der Waals surface area (Å²) in [6, 6.07) is 3.98. The Hall–Kier alpha value is -1.99. The third-order valence-electron chi connectivity index (χ3n) is 5.52. The van der Waals surface area contributed by atoms with Crippen LogP contribution in [0.25, 0.3) is 6.08 Å². The molecule has 1 fully saturated rings. The van der Waals surface area contributed by atoms with Crippen molar-refractivity contribution in [3.8, 4) is 5.75 Å². The highest BCUT2D eigenvalue weighted by atomic mass is 16.7. The van der Waals surface area contributed by atoms with Gasteiger partial charge in [0, 0.05) is 6.54 Å². The standard InChI is InChI=1S/C23H36BNO5/c1-15-11-18(27-10)12-16(2)19(15)13-17(14-25-20(26)28-21(3,4)5)24-29-22(6,7)23(8,9)30-24/h11-13H,14H2,1-10H3,(H,25,26). The fourth-order valence-corrected chi connectivity index (χ4v) is 3.15. The van der Waals surface area contributed by atoms with E-state index in [1.54, 1.807) is 7.11 Å². The highest BCUT2D eigenvalue weighted by Crippen LogP contribution is 2.39. The molecule has 0 radical (unpaired) electrons. The summed E-state index contributed by atoms with van der Waals surface area (Å²) in [7, 11) is 1.08. The fourth-order valence-electron chi connectivity index (χ4n) is 3.15. The van der Waals surface area contributed by atoms with Crippen LogP contribution >= 0.6 is 0 Å². The largest absolute Gasteiger partial charge is 0.497 e. The predicted molar refractivity (Wildman–Crippen MR) is 121 cm³/mol. The molecule has 1 aliphatic heterocycles. The van der Waals surface area contributed by atoms with Crippen LogP contribution in [0.2, 0.25) is 0 Å². The van der Waals surface area contributed by atoms with E-state index < -0.39 is 30.0 Å². The third-order valence-corrected chi connectivity index (χ3v) is 5.52. The molecular formula is C23H36BNO5. The van der Waals surface area contributed by atoms with Crippen molar-refractivity contribution in [2.45, 2.75) is 79.1 Å². The number of carbonyl (C=O) groups excluding carboxylic acids is 1. The summed E-state index contributed by atoms with van der Waals surface area (Å²) < 4.78 is 23.3. The molecule has 1 heterocycles. The maximum Gasteiger partial charge on any atom is 0.492 e. The SMILES string of the molecule is COc1cc(C)c(C=C(CNC(=O)OC(C)(C)C)B2OC(C)(C)C(C)(C)O2)c(C)c1. The van der Waals surface area contributed by atoms with Crippen LogP contribution in [-0.4, -0.2) is 43.7 Å². The quantitative estimate of drug-likeness (QED) is 0.694. The monoisotopic (exact) mass is 417 g/mol. The molecule has 0 unspecified atom stereocenters. The van der Waals surface area contributed by atoms with E-state index in [1.807, 2.05) is 80.5 Å². The van der Waals surface area contributed by atoms with Gasteiger partial charge in [-0.15, -0.1) is 0 Å². The molecule has 7 heteroatoms. The molecule has 1 amide bonds. The zero-order chi connectivity index (χ0) is 22.9. The van der Waals surface area contributed by atoms with Crippen molar-refractivity contribution < 1.29 is 23.6 Å². The summed E-state index contributed by atoms with van der Waals surface area (Å²) >= 11 is 0. The molecule has 30 heavy (non-hydrogen) atoms. The van der Waals surface area contributed by atoms with Crippen LogP contribution in [0.5, 0.6) is 5.75 Å². The number of benzene rings is 1. The highest BCUT2D eigenvalue weighted by molar-refractivity contribution is 6.56. The second kappa shape index (κ2) is 8.63. The zero-order valence-corrected chi connectivity index (χ0v) is 20.1. The van der Waals surface area contributed by atoms with Gasteiger partial charge in [0.05, 0.1) is 18.3 Å². The Morgan fingerprint density at radius 1 is 1.10 bits per heavy atom. The minimum absolute atomic E-state index is 0.247. The summed E-state index contributed by atoms with van der Waals surface area (Å²) in [5.74, 6) is 0.811. The van der Waals surface area contributed by atoms with Gasteiger partial charge in [0.25, 0.3) is 0 Å². The first-order valence-corrected chi connectivity index (χ1v) is 10.3.